The third kappa shape index (κ3) is 2.12. The molecule has 1 heterocycles. The fourth-order valence-corrected chi connectivity index (χ4v) is 2.08. The first-order valence-corrected chi connectivity index (χ1v) is 5.03. The summed E-state index contributed by atoms with van der Waals surface area (Å²) in [5.74, 6) is 0. The minimum absolute atomic E-state index is 0. The average Bonchev–Trinajstić information content (AvgIpc) is 2.61. The molecule has 0 spiro atoms. The molecule has 2 aromatic rings. The van der Waals surface area contributed by atoms with Gasteiger partial charge in [-0.15, -0.1) is 23.7 Å². The van der Waals surface area contributed by atoms with Crippen molar-refractivity contribution in [1.82, 2.24) is 0 Å². The summed E-state index contributed by atoms with van der Waals surface area (Å²) in [6, 6.07) is 11.9. The van der Waals surface area contributed by atoms with E-state index in [2.05, 4.69) is 6.07 Å². The number of nitrogens with two attached hydrogens (primary N) is 1. The van der Waals surface area contributed by atoms with Gasteiger partial charge in [-0.1, -0.05) is 30.3 Å². The maximum Gasteiger partial charge on any atom is 0.128 e. The van der Waals surface area contributed by atoms with Gasteiger partial charge in [0, 0.05) is 10.9 Å². The number of nitrogens with zero attached hydrogens (tertiary/aromatic N) is 1. The van der Waals surface area contributed by atoms with E-state index in [0.29, 0.717) is 10.6 Å². The SMILES string of the molecule is Cl.N#Cc1scc(-c2ccccc2)c1N. The zero-order chi connectivity index (χ0) is 9.97. The highest BCUT2D eigenvalue weighted by Gasteiger charge is 2.08. The zero-order valence-electron chi connectivity index (χ0n) is 7.81. The smallest absolute Gasteiger partial charge is 0.128 e. The Balaban J connectivity index is 0.00000112. The van der Waals surface area contributed by atoms with Crippen LogP contribution >= 0.6 is 23.7 Å². The summed E-state index contributed by atoms with van der Waals surface area (Å²) in [6.45, 7) is 0. The van der Waals surface area contributed by atoms with Crippen molar-refractivity contribution in [2.24, 2.45) is 0 Å². The van der Waals surface area contributed by atoms with Gasteiger partial charge in [-0.2, -0.15) is 5.26 Å². The Morgan fingerprint density at radius 3 is 2.40 bits per heavy atom. The molecule has 0 saturated carbocycles. The first-order valence-electron chi connectivity index (χ1n) is 4.15. The number of rotatable bonds is 1. The molecule has 2 N–H and O–H groups in total. The van der Waals surface area contributed by atoms with E-state index < -0.39 is 0 Å². The summed E-state index contributed by atoms with van der Waals surface area (Å²) in [6.07, 6.45) is 0. The molecule has 1 aromatic carbocycles. The van der Waals surface area contributed by atoms with Crippen molar-refractivity contribution in [3.8, 4) is 17.2 Å². The number of hydrogen-bond acceptors (Lipinski definition) is 3. The molecule has 0 aliphatic rings. The Morgan fingerprint density at radius 1 is 1.20 bits per heavy atom. The Bertz CT molecular complexity index is 485. The maximum atomic E-state index is 8.76. The van der Waals surface area contributed by atoms with Crippen molar-refractivity contribution in [3.05, 3.63) is 40.6 Å². The third-order valence-corrected chi connectivity index (χ3v) is 2.92. The van der Waals surface area contributed by atoms with Crippen molar-refractivity contribution < 1.29 is 0 Å². The second kappa shape index (κ2) is 4.83. The van der Waals surface area contributed by atoms with E-state index in [1.54, 1.807) is 0 Å². The van der Waals surface area contributed by atoms with Crippen LogP contribution < -0.4 is 5.73 Å². The van der Waals surface area contributed by atoms with Crippen LogP contribution in [0.5, 0.6) is 0 Å². The van der Waals surface area contributed by atoms with Gasteiger partial charge in [0.1, 0.15) is 10.9 Å². The van der Waals surface area contributed by atoms with Crippen molar-refractivity contribution in [1.29, 1.82) is 5.26 Å². The van der Waals surface area contributed by atoms with Crippen molar-refractivity contribution in [2.45, 2.75) is 0 Å². The van der Waals surface area contributed by atoms with Gasteiger partial charge < -0.3 is 5.73 Å². The van der Waals surface area contributed by atoms with Crippen LogP contribution in [-0.4, -0.2) is 0 Å². The van der Waals surface area contributed by atoms with E-state index in [1.807, 2.05) is 35.7 Å². The van der Waals surface area contributed by atoms with Gasteiger partial charge in [-0.05, 0) is 5.56 Å². The molecule has 76 valence electrons. The Kier molecular flexibility index (Phi) is 3.73. The second-order valence-electron chi connectivity index (χ2n) is 2.87. The van der Waals surface area contributed by atoms with Gasteiger partial charge in [0.05, 0.1) is 5.69 Å². The summed E-state index contributed by atoms with van der Waals surface area (Å²) in [4.78, 5) is 0.587. The van der Waals surface area contributed by atoms with Crippen LogP contribution in [0.15, 0.2) is 35.7 Å². The maximum absolute atomic E-state index is 8.76. The summed E-state index contributed by atoms with van der Waals surface area (Å²) in [5.41, 5.74) is 8.43. The molecule has 15 heavy (non-hydrogen) atoms. The van der Waals surface area contributed by atoms with E-state index in [9.17, 15) is 0 Å². The fourth-order valence-electron chi connectivity index (χ4n) is 1.29. The molecule has 0 atom stereocenters. The number of halogens is 1. The summed E-state index contributed by atoms with van der Waals surface area (Å²) < 4.78 is 0. The van der Waals surface area contributed by atoms with Gasteiger partial charge in [0.2, 0.25) is 0 Å². The fraction of sp³-hybridized carbons (Fsp3) is 0. The average molecular weight is 237 g/mol. The second-order valence-corrected chi connectivity index (χ2v) is 3.75. The molecule has 0 aliphatic carbocycles. The monoisotopic (exact) mass is 236 g/mol. The summed E-state index contributed by atoms with van der Waals surface area (Å²) >= 11 is 1.38. The highest BCUT2D eigenvalue weighted by Crippen LogP contribution is 2.33. The Hall–Kier alpha value is -1.50. The van der Waals surface area contributed by atoms with Crippen molar-refractivity contribution >= 4 is 29.4 Å². The molecule has 0 aliphatic heterocycles. The highest BCUT2D eigenvalue weighted by atomic mass is 35.5. The van der Waals surface area contributed by atoms with Gasteiger partial charge in [0.25, 0.3) is 0 Å². The minimum Gasteiger partial charge on any atom is -0.396 e. The van der Waals surface area contributed by atoms with E-state index in [0.717, 1.165) is 11.1 Å². The summed E-state index contributed by atoms with van der Waals surface area (Å²) in [5, 5.41) is 10.7. The van der Waals surface area contributed by atoms with Crippen LogP contribution in [-0.2, 0) is 0 Å². The van der Waals surface area contributed by atoms with Crippen LogP contribution in [0, 0.1) is 11.3 Å². The first-order chi connectivity index (χ1) is 6.83. The van der Waals surface area contributed by atoms with Crippen LogP contribution in [0.3, 0.4) is 0 Å². The molecule has 1 aromatic heterocycles. The third-order valence-electron chi connectivity index (χ3n) is 2.02. The summed E-state index contributed by atoms with van der Waals surface area (Å²) in [7, 11) is 0. The Labute approximate surface area is 98.4 Å². The van der Waals surface area contributed by atoms with Crippen LogP contribution in [0.4, 0.5) is 5.69 Å². The van der Waals surface area contributed by atoms with Crippen LogP contribution in [0.25, 0.3) is 11.1 Å². The van der Waals surface area contributed by atoms with Gasteiger partial charge in [0.15, 0.2) is 0 Å². The predicted octanol–water partition coefficient (Wildman–Crippen LogP) is 3.29. The lowest BCUT2D eigenvalue weighted by molar-refractivity contribution is 1.52. The lowest BCUT2D eigenvalue weighted by Gasteiger charge is -1.98. The number of benzene rings is 1. The topological polar surface area (TPSA) is 49.8 Å². The number of nitrogen functional groups attached to an aromatic ring is 1. The number of hydrogen-bond donors (Lipinski definition) is 1. The lowest BCUT2D eigenvalue weighted by atomic mass is 10.1. The minimum atomic E-state index is 0. The zero-order valence-corrected chi connectivity index (χ0v) is 9.44. The molecule has 2 rings (SSSR count). The lowest BCUT2D eigenvalue weighted by Crippen LogP contribution is -1.87. The van der Waals surface area contributed by atoms with Crippen molar-refractivity contribution in [2.75, 3.05) is 5.73 Å². The molecule has 0 radical (unpaired) electrons. The standard InChI is InChI=1S/C11H8N2S.ClH/c12-6-10-11(13)9(7-14-10)8-4-2-1-3-5-8;/h1-5,7H,13H2;1H. The normalized spacial score (nSPS) is 9.00. The largest absolute Gasteiger partial charge is 0.396 e. The van der Waals surface area contributed by atoms with Gasteiger partial charge in [-0.25, -0.2) is 0 Å². The van der Waals surface area contributed by atoms with Crippen LogP contribution in [0.2, 0.25) is 0 Å². The predicted molar refractivity (Wildman–Crippen MR) is 66.1 cm³/mol. The molecular formula is C11H9ClN2S. The van der Waals surface area contributed by atoms with Gasteiger partial charge >= 0.3 is 0 Å². The molecule has 0 fully saturated rings. The number of nitriles is 1. The first kappa shape index (κ1) is 11.6. The highest BCUT2D eigenvalue weighted by molar-refractivity contribution is 7.11. The molecular weight excluding hydrogens is 228 g/mol. The molecule has 4 heteroatoms. The molecule has 0 saturated heterocycles. The molecule has 0 unspecified atom stereocenters. The van der Waals surface area contributed by atoms with E-state index in [-0.39, 0.29) is 12.4 Å². The Morgan fingerprint density at radius 2 is 1.87 bits per heavy atom. The van der Waals surface area contributed by atoms with E-state index >= 15 is 0 Å². The molecule has 0 bridgehead atoms. The van der Waals surface area contributed by atoms with Gasteiger partial charge in [-0.3, -0.25) is 0 Å². The van der Waals surface area contributed by atoms with E-state index in [4.69, 9.17) is 11.0 Å². The van der Waals surface area contributed by atoms with Crippen molar-refractivity contribution in [3.63, 3.8) is 0 Å². The van der Waals surface area contributed by atoms with E-state index in [1.165, 1.54) is 11.3 Å². The van der Waals surface area contributed by atoms with Crippen LogP contribution in [0.1, 0.15) is 4.88 Å². The number of thiophene rings is 1. The quantitative estimate of drug-likeness (QED) is 0.826. The number of anilines is 1. The molecule has 2 nitrogen and oxygen atoms in total. The molecule has 0 amide bonds.